The molecule has 2 aromatic rings. The second kappa shape index (κ2) is 4.47. The summed E-state index contributed by atoms with van der Waals surface area (Å²) in [6.45, 7) is 0. The predicted molar refractivity (Wildman–Crippen MR) is 63.7 cm³/mol. The molecular weight excluding hydrogens is 240 g/mol. The summed E-state index contributed by atoms with van der Waals surface area (Å²) in [6.07, 6.45) is 0. The second-order valence-corrected chi connectivity index (χ2v) is 4.49. The van der Waals surface area contributed by atoms with E-state index in [1.54, 1.807) is 0 Å². The van der Waals surface area contributed by atoms with Crippen LogP contribution in [0.25, 0.3) is 0 Å². The first kappa shape index (κ1) is 11.5. The van der Waals surface area contributed by atoms with Crippen molar-refractivity contribution in [2.45, 2.75) is 9.79 Å². The Labute approximate surface area is 102 Å². The van der Waals surface area contributed by atoms with E-state index in [0.717, 1.165) is 11.8 Å². The minimum absolute atomic E-state index is 0.00413. The van der Waals surface area contributed by atoms with Gasteiger partial charge < -0.3 is 20.4 Å². The maximum atomic E-state index is 9.58. The van der Waals surface area contributed by atoms with Gasteiger partial charge in [-0.1, -0.05) is 11.8 Å². The predicted octanol–water partition coefficient (Wildman–Crippen LogP) is 2.66. The molecule has 88 valence electrons. The van der Waals surface area contributed by atoms with Gasteiger partial charge in [-0.15, -0.1) is 0 Å². The number of phenolic OH excluding ortho intramolecular Hbond substituents is 4. The smallest absolute Gasteiger partial charge is 0.129 e. The largest absolute Gasteiger partial charge is 0.508 e. The molecule has 0 unspecified atom stereocenters. The first-order valence-corrected chi connectivity index (χ1v) is 5.60. The Balaban J connectivity index is 2.37. The van der Waals surface area contributed by atoms with Gasteiger partial charge in [0.15, 0.2) is 0 Å². The van der Waals surface area contributed by atoms with Crippen LogP contribution in [0, 0.1) is 0 Å². The fourth-order valence-corrected chi connectivity index (χ4v) is 2.23. The first-order chi connectivity index (χ1) is 8.06. The Morgan fingerprint density at radius 2 is 1.06 bits per heavy atom. The van der Waals surface area contributed by atoms with Gasteiger partial charge in [0.2, 0.25) is 0 Å². The van der Waals surface area contributed by atoms with Gasteiger partial charge in [0.05, 0.1) is 9.79 Å². The summed E-state index contributed by atoms with van der Waals surface area (Å²) in [7, 11) is 0. The van der Waals surface area contributed by atoms with E-state index in [9.17, 15) is 20.4 Å². The molecule has 2 aromatic carbocycles. The monoisotopic (exact) mass is 250 g/mol. The number of phenols is 4. The van der Waals surface area contributed by atoms with Gasteiger partial charge in [-0.05, 0) is 36.4 Å². The Bertz CT molecular complexity index is 505. The summed E-state index contributed by atoms with van der Waals surface area (Å²) in [5, 5.41) is 37.8. The maximum absolute atomic E-state index is 9.58. The zero-order valence-electron chi connectivity index (χ0n) is 8.66. The molecule has 2 rings (SSSR count). The Kier molecular flexibility index (Phi) is 3.01. The molecule has 0 aromatic heterocycles. The summed E-state index contributed by atoms with van der Waals surface area (Å²) >= 11 is 1.05. The number of aromatic hydroxyl groups is 4. The van der Waals surface area contributed by atoms with E-state index in [1.807, 2.05) is 0 Å². The Morgan fingerprint density at radius 3 is 1.47 bits per heavy atom. The molecule has 5 heteroatoms. The summed E-state index contributed by atoms with van der Waals surface area (Å²) in [5.41, 5.74) is 0. The molecule has 4 nitrogen and oxygen atoms in total. The van der Waals surface area contributed by atoms with Gasteiger partial charge in [0.25, 0.3) is 0 Å². The van der Waals surface area contributed by atoms with E-state index >= 15 is 0 Å². The highest BCUT2D eigenvalue weighted by atomic mass is 32.2. The Hall–Kier alpha value is -2.01. The van der Waals surface area contributed by atoms with Crippen molar-refractivity contribution in [3.63, 3.8) is 0 Å². The minimum atomic E-state index is -0.00413. The molecule has 0 aliphatic rings. The van der Waals surface area contributed by atoms with Gasteiger partial charge in [0.1, 0.15) is 23.0 Å². The standard InChI is InChI=1S/C12H10O4S/c13-7-1-3-9(15)11(5-7)17-12-6-8(14)2-4-10(12)16/h1-6,13-16H. The number of benzene rings is 2. The highest BCUT2D eigenvalue weighted by Gasteiger charge is 2.09. The average molecular weight is 250 g/mol. The molecule has 0 heterocycles. The Morgan fingerprint density at radius 1 is 0.647 bits per heavy atom. The normalized spacial score (nSPS) is 10.4. The van der Waals surface area contributed by atoms with Gasteiger partial charge >= 0.3 is 0 Å². The molecular formula is C12H10O4S. The van der Waals surface area contributed by atoms with Crippen LogP contribution in [-0.4, -0.2) is 20.4 Å². The summed E-state index contributed by atoms with van der Waals surface area (Å²) in [4.78, 5) is 0.789. The van der Waals surface area contributed by atoms with Crippen LogP contribution in [0.1, 0.15) is 0 Å². The van der Waals surface area contributed by atoms with Gasteiger partial charge in [-0.3, -0.25) is 0 Å². The van der Waals surface area contributed by atoms with E-state index in [4.69, 9.17) is 0 Å². The molecule has 0 fully saturated rings. The van der Waals surface area contributed by atoms with Crippen molar-refractivity contribution in [3.05, 3.63) is 36.4 Å². The van der Waals surface area contributed by atoms with Gasteiger partial charge in [-0.2, -0.15) is 0 Å². The van der Waals surface area contributed by atoms with Crippen molar-refractivity contribution in [2.24, 2.45) is 0 Å². The molecule has 0 radical (unpaired) electrons. The third-order valence-electron chi connectivity index (χ3n) is 2.11. The number of hydrogen-bond acceptors (Lipinski definition) is 5. The molecule has 0 amide bonds. The van der Waals surface area contributed by atoms with Crippen LogP contribution in [0.2, 0.25) is 0 Å². The lowest BCUT2D eigenvalue weighted by Crippen LogP contribution is -1.77. The van der Waals surface area contributed by atoms with Crippen LogP contribution < -0.4 is 0 Å². The van der Waals surface area contributed by atoms with E-state index < -0.39 is 0 Å². The lowest BCUT2D eigenvalue weighted by Gasteiger charge is -2.07. The van der Waals surface area contributed by atoms with Gasteiger partial charge in [-0.25, -0.2) is 0 Å². The van der Waals surface area contributed by atoms with Crippen LogP contribution in [-0.2, 0) is 0 Å². The van der Waals surface area contributed by atoms with Gasteiger partial charge in [0, 0.05) is 0 Å². The van der Waals surface area contributed by atoms with Crippen LogP contribution in [0.4, 0.5) is 0 Å². The highest BCUT2D eigenvalue weighted by Crippen LogP contribution is 2.41. The molecule has 0 aliphatic heterocycles. The zero-order chi connectivity index (χ0) is 12.4. The van der Waals surface area contributed by atoms with Crippen molar-refractivity contribution in [3.8, 4) is 23.0 Å². The fraction of sp³-hybridized carbons (Fsp3) is 0. The summed E-state index contributed by atoms with van der Waals surface area (Å²) < 4.78 is 0. The van der Waals surface area contributed by atoms with Crippen molar-refractivity contribution in [1.82, 2.24) is 0 Å². The van der Waals surface area contributed by atoms with E-state index in [0.29, 0.717) is 9.79 Å². The highest BCUT2D eigenvalue weighted by molar-refractivity contribution is 7.99. The maximum Gasteiger partial charge on any atom is 0.129 e. The number of hydrogen-bond donors (Lipinski definition) is 4. The summed E-state index contributed by atoms with van der Waals surface area (Å²) in [5.74, 6) is 0.0287. The van der Waals surface area contributed by atoms with Crippen molar-refractivity contribution in [1.29, 1.82) is 0 Å². The van der Waals surface area contributed by atoms with Crippen LogP contribution in [0.5, 0.6) is 23.0 Å². The second-order valence-electron chi connectivity index (χ2n) is 3.41. The fourth-order valence-electron chi connectivity index (χ4n) is 1.29. The molecule has 0 saturated heterocycles. The molecule has 4 N–H and O–H groups in total. The molecule has 0 aliphatic carbocycles. The van der Waals surface area contributed by atoms with E-state index in [2.05, 4.69) is 0 Å². The molecule has 0 saturated carbocycles. The van der Waals surface area contributed by atoms with Crippen molar-refractivity contribution >= 4 is 11.8 Å². The quantitative estimate of drug-likeness (QED) is 0.616. The van der Waals surface area contributed by atoms with Crippen LogP contribution in [0.15, 0.2) is 46.2 Å². The molecule has 0 spiro atoms. The van der Waals surface area contributed by atoms with Crippen LogP contribution in [0.3, 0.4) is 0 Å². The average Bonchev–Trinajstić information content (AvgIpc) is 2.28. The van der Waals surface area contributed by atoms with E-state index in [-0.39, 0.29) is 23.0 Å². The molecule has 17 heavy (non-hydrogen) atoms. The molecule has 0 bridgehead atoms. The topological polar surface area (TPSA) is 80.9 Å². The number of rotatable bonds is 2. The first-order valence-electron chi connectivity index (χ1n) is 4.78. The summed E-state index contributed by atoms with van der Waals surface area (Å²) in [6, 6.07) is 8.20. The lowest BCUT2D eigenvalue weighted by molar-refractivity contribution is 0.446. The molecule has 0 atom stereocenters. The lowest BCUT2D eigenvalue weighted by atomic mass is 10.3. The minimum Gasteiger partial charge on any atom is -0.508 e. The van der Waals surface area contributed by atoms with E-state index in [1.165, 1.54) is 36.4 Å². The van der Waals surface area contributed by atoms with Crippen LogP contribution >= 0.6 is 11.8 Å². The third-order valence-corrected chi connectivity index (χ3v) is 3.20. The SMILES string of the molecule is Oc1ccc(O)c(Sc2cc(O)ccc2O)c1. The third kappa shape index (κ3) is 2.57. The van der Waals surface area contributed by atoms with Crippen molar-refractivity contribution in [2.75, 3.05) is 0 Å². The van der Waals surface area contributed by atoms with Crippen molar-refractivity contribution < 1.29 is 20.4 Å². The zero-order valence-corrected chi connectivity index (χ0v) is 9.48.